The van der Waals surface area contributed by atoms with Crippen molar-refractivity contribution in [3.63, 3.8) is 0 Å². The van der Waals surface area contributed by atoms with Gasteiger partial charge in [-0.1, -0.05) is 42.0 Å². The predicted octanol–water partition coefficient (Wildman–Crippen LogP) is 3.08. The quantitative estimate of drug-likeness (QED) is 0.861. The smallest absolute Gasteiger partial charge is 0.404 e. The number of amides is 1. The summed E-state index contributed by atoms with van der Waals surface area (Å²) in [4.78, 5) is 11.4. The first-order chi connectivity index (χ1) is 12.3. The molecule has 2 atom stereocenters. The van der Waals surface area contributed by atoms with Gasteiger partial charge in [-0.15, -0.1) is 0 Å². The molecule has 7 heteroatoms. The van der Waals surface area contributed by atoms with Crippen molar-refractivity contribution >= 4 is 16.1 Å². The van der Waals surface area contributed by atoms with Gasteiger partial charge in [-0.3, -0.25) is 0 Å². The van der Waals surface area contributed by atoms with Crippen molar-refractivity contribution in [3.8, 4) is 0 Å². The standard InChI is InChI=1S/C19H22N2O4S/c1-13-7-9-15(10-8-13)26(24,25)21-12-11-17(20-19(22)23)18(21)16-6-4-3-5-14(16)2/h3-10,17-18,20H,11-12H2,1-2H3,(H,22,23)/t17-,18-/m1/s1. The first-order valence-electron chi connectivity index (χ1n) is 8.44. The van der Waals surface area contributed by atoms with Gasteiger partial charge in [0.2, 0.25) is 10.0 Å². The highest BCUT2D eigenvalue weighted by atomic mass is 32.2. The zero-order chi connectivity index (χ0) is 18.9. The third-order valence-corrected chi connectivity index (χ3v) is 6.69. The highest BCUT2D eigenvalue weighted by molar-refractivity contribution is 7.89. The fourth-order valence-electron chi connectivity index (χ4n) is 3.48. The number of hydrogen-bond donors (Lipinski definition) is 2. The maximum atomic E-state index is 13.2. The third kappa shape index (κ3) is 3.45. The van der Waals surface area contributed by atoms with Crippen molar-refractivity contribution in [1.29, 1.82) is 0 Å². The second-order valence-electron chi connectivity index (χ2n) is 6.57. The lowest BCUT2D eigenvalue weighted by Gasteiger charge is -2.29. The van der Waals surface area contributed by atoms with E-state index in [9.17, 15) is 13.2 Å². The highest BCUT2D eigenvalue weighted by Crippen LogP contribution is 2.38. The molecule has 1 amide bonds. The van der Waals surface area contributed by atoms with Crippen LogP contribution in [0.15, 0.2) is 53.4 Å². The fourth-order valence-corrected chi connectivity index (χ4v) is 5.14. The van der Waals surface area contributed by atoms with Gasteiger partial charge in [0.25, 0.3) is 0 Å². The summed E-state index contributed by atoms with van der Waals surface area (Å²) in [5, 5.41) is 11.7. The van der Waals surface area contributed by atoms with Gasteiger partial charge in [0.15, 0.2) is 0 Å². The average molecular weight is 374 g/mol. The number of aryl methyl sites for hydroxylation is 2. The molecule has 0 spiro atoms. The molecule has 0 aromatic heterocycles. The summed E-state index contributed by atoms with van der Waals surface area (Å²) in [6.07, 6.45) is -0.723. The van der Waals surface area contributed by atoms with Crippen molar-refractivity contribution in [2.45, 2.75) is 37.2 Å². The number of carboxylic acid groups (broad SMARTS) is 1. The molecule has 1 saturated heterocycles. The van der Waals surface area contributed by atoms with Gasteiger partial charge in [0.1, 0.15) is 0 Å². The van der Waals surface area contributed by atoms with Crippen molar-refractivity contribution in [1.82, 2.24) is 9.62 Å². The van der Waals surface area contributed by atoms with Crippen molar-refractivity contribution in [2.75, 3.05) is 6.54 Å². The maximum absolute atomic E-state index is 13.2. The van der Waals surface area contributed by atoms with E-state index in [-0.39, 0.29) is 11.4 Å². The van der Waals surface area contributed by atoms with Crippen molar-refractivity contribution in [2.24, 2.45) is 0 Å². The van der Waals surface area contributed by atoms with E-state index in [0.29, 0.717) is 6.42 Å². The molecule has 0 saturated carbocycles. The third-order valence-electron chi connectivity index (χ3n) is 4.80. The van der Waals surface area contributed by atoms with E-state index < -0.39 is 28.2 Å². The Morgan fingerprint density at radius 3 is 2.38 bits per heavy atom. The van der Waals surface area contributed by atoms with Gasteiger partial charge in [-0.2, -0.15) is 4.31 Å². The average Bonchev–Trinajstić information content (AvgIpc) is 2.99. The van der Waals surface area contributed by atoms with Gasteiger partial charge < -0.3 is 10.4 Å². The van der Waals surface area contributed by atoms with Gasteiger partial charge in [0, 0.05) is 6.54 Å². The van der Waals surface area contributed by atoms with E-state index >= 15 is 0 Å². The molecular formula is C19H22N2O4S. The number of nitrogens with zero attached hydrogens (tertiary/aromatic N) is 1. The summed E-state index contributed by atoms with van der Waals surface area (Å²) >= 11 is 0. The molecule has 0 bridgehead atoms. The zero-order valence-corrected chi connectivity index (χ0v) is 15.5. The van der Waals surface area contributed by atoms with Crippen LogP contribution in [-0.2, 0) is 10.0 Å². The Balaban J connectivity index is 2.05. The van der Waals surface area contributed by atoms with Crippen LogP contribution in [0.1, 0.15) is 29.2 Å². The first kappa shape index (κ1) is 18.4. The Bertz CT molecular complexity index is 909. The summed E-state index contributed by atoms with van der Waals surface area (Å²) in [5.41, 5.74) is 2.73. The van der Waals surface area contributed by atoms with Crippen LogP contribution < -0.4 is 5.32 Å². The molecule has 3 rings (SSSR count). The molecular weight excluding hydrogens is 352 g/mol. The Morgan fingerprint density at radius 1 is 1.12 bits per heavy atom. The Hall–Kier alpha value is -2.38. The van der Waals surface area contributed by atoms with Crippen LogP contribution in [0.25, 0.3) is 0 Å². The molecule has 2 N–H and O–H groups in total. The fraction of sp³-hybridized carbons (Fsp3) is 0.316. The zero-order valence-electron chi connectivity index (χ0n) is 14.7. The molecule has 6 nitrogen and oxygen atoms in total. The Morgan fingerprint density at radius 2 is 1.77 bits per heavy atom. The molecule has 1 fully saturated rings. The van der Waals surface area contributed by atoms with Gasteiger partial charge in [0.05, 0.1) is 17.0 Å². The normalized spacial score (nSPS) is 20.8. The van der Waals surface area contributed by atoms with Crippen LogP contribution in [0, 0.1) is 13.8 Å². The van der Waals surface area contributed by atoms with Crippen LogP contribution in [0.2, 0.25) is 0 Å². The molecule has 0 unspecified atom stereocenters. The Labute approximate surface area is 153 Å². The minimum Gasteiger partial charge on any atom is -0.465 e. The summed E-state index contributed by atoms with van der Waals surface area (Å²) in [5.74, 6) is 0. The number of carbonyl (C=O) groups is 1. The minimum absolute atomic E-state index is 0.220. The number of nitrogens with one attached hydrogen (secondary N) is 1. The molecule has 0 aliphatic carbocycles. The van der Waals surface area contributed by atoms with E-state index in [0.717, 1.165) is 16.7 Å². The van der Waals surface area contributed by atoms with Crippen LogP contribution >= 0.6 is 0 Å². The van der Waals surface area contributed by atoms with E-state index in [1.807, 2.05) is 38.1 Å². The van der Waals surface area contributed by atoms with E-state index in [1.165, 1.54) is 4.31 Å². The summed E-state index contributed by atoms with van der Waals surface area (Å²) in [6, 6.07) is 13.1. The molecule has 1 heterocycles. The molecule has 2 aromatic carbocycles. The van der Waals surface area contributed by atoms with E-state index in [4.69, 9.17) is 5.11 Å². The highest BCUT2D eigenvalue weighted by Gasteiger charge is 2.43. The largest absolute Gasteiger partial charge is 0.465 e. The number of sulfonamides is 1. The Kier molecular flexibility index (Phi) is 5.02. The van der Waals surface area contributed by atoms with E-state index in [1.54, 1.807) is 24.3 Å². The lowest BCUT2D eigenvalue weighted by molar-refractivity contribution is 0.187. The SMILES string of the molecule is Cc1ccc(S(=O)(=O)N2CC[C@@H](NC(=O)O)[C@H]2c2ccccc2C)cc1. The summed E-state index contributed by atoms with van der Waals surface area (Å²) < 4.78 is 27.9. The molecule has 2 aromatic rings. The van der Waals surface area contributed by atoms with Crippen LogP contribution in [0.4, 0.5) is 4.79 Å². The molecule has 26 heavy (non-hydrogen) atoms. The summed E-state index contributed by atoms with van der Waals surface area (Å²) in [6.45, 7) is 4.07. The topological polar surface area (TPSA) is 86.7 Å². The predicted molar refractivity (Wildman–Crippen MR) is 98.6 cm³/mol. The minimum atomic E-state index is -3.74. The maximum Gasteiger partial charge on any atom is 0.404 e. The van der Waals surface area contributed by atoms with Crippen molar-refractivity contribution < 1.29 is 18.3 Å². The van der Waals surface area contributed by atoms with Crippen LogP contribution in [0.5, 0.6) is 0 Å². The van der Waals surface area contributed by atoms with Gasteiger partial charge in [-0.25, -0.2) is 13.2 Å². The second-order valence-corrected chi connectivity index (χ2v) is 8.47. The van der Waals surface area contributed by atoms with Gasteiger partial charge in [-0.05, 0) is 43.5 Å². The molecule has 1 aliphatic rings. The monoisotopic (exact) mass is 374 g/mol. The number of rotatable bonds is 4. The number of hydrogen-bond acceptors (Lipinski definition) is 3. The number of benzene rings is 2. The van der Waals surface area contributed by atoms with Gasteiger partial charge >= 0.3 is 6.09 Å². The lowest BCUT2D eigenvalue weighted by atomic mass is 9.97. The second kappa shape index (κ2) is 7.09. The molecule has 1 aliphatic heterocycles. The van der Waals surface area contributed by atoms with Crippen LogP contribution in [0.3, 0.4) is 0 Å². The van der Waals surface area contributed by atoms with Crippen LogP contribution in [-0.4, -0.2) is 36.5 Å². The lowest BCUT2D eigenvalue weighted by Crippen LogP contribution is -2.41. The first-order valence-corrected chi connectivity index (χ1v) is 9.88. The molecule has 138 valence electrons. The molecule has 0 radical (unpaired) electrons. The van der Waals surface area contributed by atoms with E-state index in [2.05, 4.69) is 5.32 Å². The van der Waals surface area contributed by atoms with Crippen molar-refractivity contribution in [3.05, 3.63) is 65.2 Å². The summed E-state index contributed by atoms with van der Waals surface area (Å²) in [7, 11) is -3.74.